The summed E-state index contributed by atoms with van der Waals surface area (Å²) in [7, 11) is -0.697. The molecule has 28 heavy (non-hydrogen) atoms. The highest BCUT2D eigenvalue weighted by Crippen LogP contribution is 2.35. The Morgan fingerprint density at radius 3 is 2.46 bits per heavy atom. The molecule has 0 aliphatic rings. The molecule has 152 valence electrons. The van der Waals surface area contributed by atoms with E-state index in [0.717, 1.165) is 0 Å². The van der Waals surface area contributed by atoms with E-state index >= 15 is 0 Å². The van der Waals surface area contributed by atoms with Crippen LogP contribution < -0.4 is 19.5 Å². The van der Waals surface area contributed by atoms with E-state index in [1.807, 2.05) is 0 Å². The Hall–Kier alpha value is -2.29. The zero-order chi connectivity index (χ0) is 20.9. The third kappa shape index (κ3) is 5.37. The average molecular weight is 427 g/mol. The molecule has 0 atom stereocenters. The summed E-state index contributed by atoms with van der Waals surface area (Å²) in [5, 5.41) is 2.99. The van der Waals surface area contributed by atoms with Gasteiger partial charge in [0.05, 0.1) is 24.1 Å². The molecule has 0 aromatic heterocycles. The van der Waals surface area contributed by atoms with Gasteiger partial charge in [-0.25, -0.2) is 13.1 Å². The van der Waals surface area contributed by atoms with Crippen molar-refractivity contribution in [3.05, 3.63) is 52.5 Å². The first kappa shape index (κ1) is 22.0. The van der Waals surface area contributed by atoms with E-state index in [4.69, 9.17) is 21.1 Å². The van der Waals surface area contributed by atoms with Crippen molar-refractivity contribution in [1.82, 2.24) is 10.0 Å². The monoisotopic (exact) mass is 426 g/mol. The highest BCUT2D eigenvalue weighted by atomic mass is 35.5. The van der Waals surface area contributed by atoms with Gasteiger partial charge in [0.2, 0.25) is 10.0 Å². The van der Waals surface area contributed by atoms with Gasteiger partial charge in [0.15, 0.2) is 11.5 Å². The first-order valence-electron chi connectivity index (χ1n) is 8.49. The quantitative estimate of drug-likeness (QED) is 0.676. The van der Waals surface area contributed by atoms with Crippen molar-refractivity contribution in [3.63, 3.8) is 0 Å². The highest BCUT2D eigenvalue weighted by Gasteiger charge is 2.17. The lowest BCUT2D eigenvalue weighted by molar-refractivity contribution is 0.0950. The van der Waals surface area contributed by atoms with Crippen LogP contribution in [0.4, 0.5) is 0 Å². The third-order valence-electron chi connectivity index (χ3n) is 3.75. The predicted octanol–water partition coefficient (Wildman–Crippen LogP) is 2.97. The number of benzene rings is 2. The molecular formula is C19H23ClN2O5S. The van der Waals surface area contributed by atoms with Crippen LogP contribution in [0, 0.1) is 0 Å². The first-order chi connectivity index (χ1) is 13.2. The number of carbonyl (C=O) groups is 1. The summed E-state index contributed by atoms with van der Waals surface area (Å²) >= 11 is 6.13. The molecule has 0 saturated carbocycles. The fourth-order valence-electron chi connectivity index (χ4n) is 2.53. The molecule has 0 aliphatic carbocycles. The summed E-state index contributed by atoms with van der Waals surface area (Å²) in [5.74, 6) is 0.306. The van der Waals surface area contributed by atoms with Crippen LogP contribution in [0.15, 0.2) is 41.3 Å². The van der Waals surface area contributed by atoms with Crippen LogP contribution >= 0.6 is 11.6 Å². The summed E-state index contributed by atoms with van der Waals surface area (Å²) < 4.78 is 37.4. The van der Waals surface area contributed by atoms with Crippen molar-refractivity contribution in [2.24, 2.45) is 0 Å². The Kier molecular flexibility index (Phi) is 7.29. The van der Waals surface area contributed by atoms with Gasteiger partial charge >= 0.3 is 0 Å². The summed E-state index contributed by atoms with van der Waals surface area (Å²) in [5.41, 5.74) is 0.944. The molecule has 0 radical (unpaired) electrons. The van der Waals surface area contributed by atoms with E-state index in [-0.39, 0.29) is 28.4 Å². The molecule has 2 N–H and O–H groups in total. The van der Waals surface area contributed by atoms with Gasteiger partial charge in [-0.05, 0) is 43.7 Å². The summed E-state index contributed by atoms with van der Waals surface area (Å²) in [6.45, 7) is 3.64. The third-order valence-corrected chi connectivity index (χ3v) is 5.69. The van der Waals surface area contributed by atoms with Gasteiger partial charge in [-0.1, -0.05) is 23.7 Å². The maximum atomic E-state index is 12.5. The van der Waals surface area contributed by atoms with Gasteiger partial charge in [-0.15, -0.1) is 0 Å². The molecule has 0 heterocycles. The fourth-order valence-corrected chi connectivity index (χ4v) is 4.14. The minimum absolute atomic E-state index is 0.141. The number of rotatable bonds is 8. The van der Waals surface area contributed by atoms with Gasteiger partial charge in [0.25, 0.3) is 5.91 Å². The summed E-state index contributed by atoms with van der Waals surface area (Å²) in [4.78, 5) is 12.6. The lowest BCUT2D eigenvalue weighted by Crippen LogP contribution is -2.30. The van der Waals surface area contributed by atoms with Crippen LogP contribution in [-0.4, -0.2) is 34.6 Å². The average Bonchev–Trinajstić information content (AvgIpc) is 2.64. The molecule has 9 heteroatoms. The molecule has 0 aliphatic heterocycles. The number of methoxy groups -OCH3 is 2. The van der Waals surface area contributed by atoms with Crippen LogP contribution in [-0.2, 0) is 16.6 Å². The van der Waals surface area contributed by atoms with Crippen LogP contribution in [0.3, 0.4) is 0 Å². The number of hydrogen-bond acceptors (Lipinski definition) is 5. The number of halogens is 1. The van der Waals surface area contributed by atoms with Crippen LogP contribution in [0.5, 0.6) is 11.5 Å². The van der Waals surface area contributed by atoms with Crippen molar-refractivity contribution in [2.45, 2.75) is 31.3 Å². The summed E-state index contributed by atoms with van der Waals surface area (Å²) in [6.07, 6.45) is 0. The van der Waals surface area contributed by atoms with Gasteiger partial charge in [0.1, 0.15) is 0 Å². The van der Waals surface area contributed by atoms with Gasteiger partial charge < -0.3 is 14.8 Å². The molecular weight excluding hydrogens is 404 g/mol. The number of amides is 1. The minimum atomic E-state index is -3.61. The first-order valence-corrected chi connectivity index (χ1v) is 10.3. The molecule has 7 nitrogen and oxygen atoms in total. The van der Waals surface area contributed by atoms with E-state index in [2.05, 4.69) is 10.0 Å². The molecule has 2 rings (SSSR count). The molecule has 0 saturated heterocycles. The Labute approximate surface area is 170 Å². The summed E-state index contributed by atoms with van der Waals surface area (Å²) in [6, 6.07) is 9.17. The van der Waals surface area contributed by atoms with Gasteiger partial charge in [-0.2, -0.15) is 0 Å². The lowest BCUT2D eigenvalue weighted by atomic mass is 10.1. The largest absolute Gasteiger partial charge is 0.493 e. The Balaban J connectivity index is 2.16. The van der Waals surface area contributed by atoms with Crippen molar-refractivity contribution < 1.29 is 22.7 Å². The fraction of sp³-hybridized carbons (Fsp3) is 0.316. The number of hydrogen-bond donors (Lipinski definition) is 2. The zero-order valence-electron chi connectivity index (χ0n) is 16.1. The van der Waals surface area contributed by atoms with E-state index < -0.39 is 10.0 Å². The Morgan fingerprint density at radius 1 is 1.14 bits per heavy atom. The van der Waals surface area contributed by atoms with Crippen molar-refractivity contribution in [1.29, 1.82) is 0 Å². The smallest absolute Gasteiger partial charge is 0.251 e. The van der Waals surface area contributed by atoms with Gasteiger partial charge in [-0.3, -0.25) is 4.79 Å². The van der Waals surface area contributed by atoms with Crippen LogP contribution in [0.2, 0.25) is 5.02 Å². The van der Waals surface area contributed by atoms with E-state index in [1.165, 1.54) is 38.5 Å². The van der Waals surface area contributed by atoms with Crippen molar-refractivity contribution >= 4 is 27.5 Å². The molecule has 0 fully saturated rings. The standard InChI is InChI=1S/C19H23ClN2O5S/c1-12(2)22-28(24,25)15-7-5-6-13(8-15)11-21-19(23)14-9-16(20)18(27-4)17(10-14)26-3/h5-10,12,22H,11H2,1-4H3,(H,21,23). The Morgan fingerprint density at radius 2 is 1.86 bits per heavy atom. The van der Waals surface area contributed by atoms with Crippen LogP contribution in [0.25, 0.3) is 0 Å². The zero-order valence-corrected chi connectivity index (χ0v) is 17.6. The second-order valence-corrected chi connectivity index (χ2v) is 8.42. The number of carbonyl (C=O) groups excluding carboxylic acids is 1. The second-order valence-electron chi connectivity index (χ2n) is 6.30. The molecule has 0 unspecified atom stereocenters. The number of nitrogens with one attached hydrogen (secondary N) is 2. The van der Waals surface area contributed by atoms with E-state index in [9.17, 15) is 13.2 Å². The molecule has 0 spiro atoms. The van der Waals surface area contributed by atoms with E-state index in [0.29, 0.717) is 22.6 Å². The minimum Gasteiger partial charge on any atom is -0.493 e. The van der Waals surface area contributed by atoms with E-state index in [1.54, 1.807) is 26.0 Å². The molecule has 2 aromatic rings. The normalized spacial score (nSPS) is 11.4. The number of ether oxygens (including phenoxy) is 2. The lowest BCUT2D eigenvalue weighted by Gasteiger charge is -2.13. The molecule has 1 amide bonds. The highest BCUT2D eigenvalue weighted by molar-refractivity contribution is 7.89. The maximum absolute atomic E-state index is 12.5. The topological polar surface area (TPSA) is 93.7 Å². The molecule has 2 aromatic carbocycles. The second kappa shape index (κ2) is 9.27. The number of sulfonamides is 1. The van der Waals surface area contributed by atoms with Crippen molar-refractivity contribution in [2.75, 3.05) is 14.2 Å². The Bertz CT molecular complexity index is 961. The van der Waals surface area contributed by atoms with Crippen molar-refractivity contribution in [3.8, 4) is 11.5 Å². The molecule has 0 bridgehead atoms. The predicted molar refractivity (Wildman–Crippen MR) is 108 cm³/mol. The van der Waals surface area contributed by atoms with Crippen LogP contribution in [0.1, 0.15) is 29.8 Å². The van der Waals surface area contributed by atoms with Gasteiger partial charge in [0, 0.05) is 18.2 Å². The maximum Gasteiger partial charge on any atom is 0.251 e. The SMILES string of the molecule is COc1cc(C(=O)NCc2cccc(S(=O)(=O)NC(C)C)c2)cc(Cl)c1OC.